The Bertz CT molecular complexity index is 256. The lowest BCUT2D eigenvalue weighted by atomic mass is 10.1. The van der Waals surface area contributed by atoms with Crippen molar-refractivity contribution in [3.8, 4) is 0 Å². The van der Waals surface area contributed by atoms with E-state index >= 15 is 0 Å². The highest BCUT2D eigenvalue weighted by Crippen LogP contribution is 2.16. The predicted molar refractivity (Wildman–Crippen MR) is 58.6 cm³/mol. The minimum absolute atomic E-state index is 0.493. The average molecular weight is 212 g/mol. The predicted octanol–water partition coefficient (Wildman–Crippen LogP) is 1.48. The van der Waals surface area contributed by atoms with Gasteiger partial charge in [-0.3, -0.25) is 0 Å². The SMILES string of the molecule is CC(CC1CCCN1)Nc1cnns1. The summed E-state index contributed by atoms with van der Waals surface area (Å²) in [6, 6.07) is 1.19. The molecule has 0 aliphatic carbocycles. The second-order valence-corrected chi connectivity index (χ2v) is 4.64. The number of nitrogens with zero attached hydrogens (tertiary/aromatic N) is 2. The van der Waals surface area contributed by atoms with Crippen molar-refractivity contribution >= 4 is 16.5 Å². The highest BCUT2D eigenvalue weighted by Gasteiger charge is 2.16. The molecule has 78 valence electrons. The Kier molecular flexibility index (Phi) is 3.31. The molecule has 2 atom stereocenters. The van der Waals surface area contributed by atoms with Gasteiger partial charge in [0.2, 0.25) is 0 Å². The number of anilines is 1. The summed E-state index contributed by atoms with van der Waals surface area (Å²) in [6.07, 6.45) is 5.59. The molecule has 1 fully saturated rings. The van der Waals surface area contributed by atoms with Crippen LogP contribution in [-0.2, 0) is 0 Å². The van der Waals surface area contributed by atoms with E-state index in [2.05, 4.69) is 27.1 Å². The van der Waals surface area contributed by atoms with Crippen molar-refractivity contribution < 1.29 is 0 Å². The Morgan fingerprint density at radius 3 is 3.36 bits per heavy atom. The Balaban J connectivity index is 1.75. The van der Waals surface area contributed by atoms with Crippen molar-refractivity contribution in [3.63, 3.8) is 0 Å². The number of aromatic nitrogens is 2. The second kappa shape index (κ2) is 4.70. The van der Waals surface area contributed by atoms with Crippen LogP contribution in [0.15, 0.2) is 6.20 Å². The zero-order valence-electron chi connectivity index (χ0n) is 8.36. The van der Waals surface area contributed by atoms with Crippen molar-refractivity contribution in [2.24, 2.45) is 0 Å². The van der Waals surface area contributed by atoms with Crippen molar-refractivity contribution in [3.05, 3.63) is 6.20 Å². The molecule has 0 spiro atoms. The Labute approximate surface area is 88.3 Å². The Morgan fingerprint density at radius 1 is 1.79 bits per heavy atom. The van der Waals surface area contributed by atoms with Gasteiger partial charge < -0.3 is 10.6 Å². The van der Waals surface area contributed by atoms with Gasteiger partial charge in [0.15, 0.2) is 0 Å². The first-order valence-corrected chi connectivity index (χ1v) is 5.89. The zero-order chi connectivity index (χ0) is 9.80. The molecule has 0 radical (unpaired) electrons. The fraction of sp³-hybridized carbons (Fsp3) is 0.778. The molecular formula is C9H16N4S. The first kappa shape index (κ1) is 9.86. The normalized spacial score (nSPS) is 23.6. The summed E-state index contributed by atoms with van der Waals surface area (Å²) >= 11 is 1.42. The van der Waals surface area contributed by atoms with E-state index in [0.717, 1.165) is 5.00 Å². The standard InChI is InChI=1S/C9H16N4S/c1-7(5-8-3-2-4-10-8)12-9-6-11-13-14-9/h6-8,10,12H,2-5H2,1H3. The molecule has 1 aliphatic heterocycles. The van der Waals surface area contributed by atoms with E-state index < -0.39 is 0 Å². The smallest absolute Gasteiger partial charge is 0.130 e. The molecule has 0 amide bonds. The van der Waals surface area contributed by atoms with Gasteiger partial charge in [0.25, 0.3) is 0 Å². The summed E-state index contributed by atoms with van der Waals surface area (Å²) in [7, 11) is 0. The van der Waals surface area contributed by atoms with Crippen LogP contribution < -0.4 is 10.6 Å². The van der Waals surface area contributed by atoms with Crippen LogP contribution >= 0.6 is 11.5 Å². The molecule has 1 aliphatic rings. The van der Waals surface area contributed by atoms with Gasteiger partial charge in [0, 0.05) is 23.6 Å². The van der Waals surface area contributed by atoms with Gasteiger partial charge in [-0.25, -0.2) is 0 Å². The topological polar surface area (TPSA) is 49.8 Å². The van der Waals surface area contributed by atoms with E-state index in [1.807, 2.05) is 0 Å². The lowest BCUT2D eigenvalue weighted by molar-refractivity contribution is 0.524. The molecule has 14 heavy (non-hydrogen) atoms. The third kappa shape index (κ3) is 2.65. The van der Waals surface area contributed by atoms with Crippen LogP contribution in [0.1, 0.15) is 26.2 Å². The first-order chi connectivity index (χ1) is 6.84. The molecule has 0 bridgehead atoms. The lowest BCUT2D eigenvalue weighted by Crippen LogP contribution is -2.28. The maximum Gasteiger partial charge on any atom is 0.130 e. The van der Waals surface area contributed by atoms with Crippen molar-refractivity contribution in [2.45, 2.75) is 38.3 Å². The molecule has 1 aromatic heterocycles. The van der Waals surface area contributed by atoms with Gasteiger partial charge in [-0.05, 0) is 32.7 Å². The van der Waals surface area contributed by atoms with Crippen molar-refractivity contribution in [1.82, 2.24) is 14.9 Å². The highest BCUT2D eigenvalue weighted by molar-refractivity contribution is 7.09. The third-order valence-corrected chi connectivity index (χ3v) is 3.15. The van der Waals surface area contributed by atoms with E-state index in [0.29, 0.717) is 12.1 Å². The fourth-order valence-electron chi connectivity index (χ4n) is 1.92. The molecule has 0 aromatic carbocycles. The molecule has 4 nitrogen and oxygen atoms in total. The molecule has 1 aromatic rings. The molecule has 2 N–H and O–H groups in total. The van der Waals surface area contributed by atoms with Crippen molar-refractivity contribution in [1.29, 1.82) is 0 Å². The van der Waals surface area contributed by atoms with Crippen LogP contribution in [0.2, 0.25) is 0 Å². The molecule has 1 saturated heterocycles. The minimum Gasteiger partial charge on any atom is -0.372 e. The van der Waals surface area contributed by atoms with Crippen LogP contribution in [0, 0.1) is 0 Å². The van der Waals surface area contributed by atoms with E-state index in [1.165, 1.54) is 37.3 Å². The monoisotopic (exact) mass is 212 g/mol. The molecule has 0 saturated carbocycles. The largest absolute Gasteiger partial charge is 0.372 e. The number of hydrogen-bond donors (Lipinski definition) is 2. The van der Waals surface area contributed by atoms with Crippen LogP contribution in [0.5, 0.6) is 0 Å². The number of nitrogens with one attached hydrogen (secondary N) is 2. The van der Waals surface area contributed by atoms with Gasteiger partial charge in [-0.1, -0.05) is 4.49 Å². The highest BCUT2D eigenvalue weighted by atomic mass is 32.1. The van der Waals surface area contributed by atoms with Crippen LogP contribution in [0.3, 0.4) is 0 Å². The zero-order valence-corrected chi connectivity index (χ0v) is 9.18. The summed E-state index contributed by atoms with van der Waals surface area (Å²) in [4.78, 5) is 0. The maximum absolute atomic E-state index is 3.82. The van der Waals surface area contributed by atoms with Crippen LogP contribution in [0.4, 0.5) is 5.00 Å². The average Bonchev–Trinajstić information content (AvgIpc) is 2.76. The third-order valence-electron chi connectivity index (χ3n) is 2.55. The van der Waals surface area contributed by atoms with E-state index in [-0.39, 0.29) is 0 Å². The quantitative estimate of drug-likeness (QED) is 0.793. The number of rotatable bonds is 4. The van der Waals surface area contributed by atoms with Gasteiger partial charge in [0.05, 0.1) is 6.20 Å². The van der Waals surface area contributed by atoms with E-state index in [1.54, 1.807) is 6.20 Å². The summed E-state index contributed by atoms with van der Waals surface area (Å²) in [5, 5.41) is 11.8. The minimum atomic E-state index is 0.493. The molecule has 5 heteroatoms. The molecular weight excluding hydrogens is 196 g/mol. The second-order valence-electron chi connectivity index (χ2n) is 3.86. The summed E-state index contributed by atoms with van der Waals surface area (Å²) in [6.45, 7) is 3.39. The van der Waals surface area contributed by atoms with Gasteiger partial charge in [0.1, 0.15) is 5.00 Å². The Morgan fingerprint density at radius 2 is 2.71 bits per heavy atom. The van der Waals surface area contributed by atoms with Crippen LogP contribution in [-0.4, -0.2) is 28.2 Å². The summed E-state index contributed by atoms with van der Waals surface area (Å²) in [5.74, 6) is 0. The Hall–Kier alpha value is -0.680. The molecule has 2 heterocycles. The molecule has 2 rings (SSSR count). The van der Waals surface area contributed by atoms with E-state index in [4.69, 9.17) is 0 Å². The lowest BCUT2D eigenvalue weighted by Gasteiger charge is -2.17. The first-order valence-electron chi connectivity index (χ1n) is 5.12. The summed E-state index contributed by atoms with van der Waals surface area (Å²) < 4.78 is 3.82. The molecule has 2 unspecified atom stereocenters. The van der Waals surface area contributed by atoms with Gasteiger partial charge >= 0.3 is 0 Å². The fourth-order valence-corrected chi connectivity index (χ4v) is 2.45. The van der Waals surface area contributed by atoms with Crippen LogP contribution in [0.25, 0.3) is 0 Å². The van der Waals surface area contributed by atoms with Crippen molar-refractivity contribution in [2.75, 3.05) is 11.9 Å². The van der Waals surface area contributed by atoms with Gasteiger partial charge in [-0.2, -0.15) is 0 Å². The summed E-state index contributed by atoms with van der Waals surface area (Å²) in [5.41, 5.74) is 0. The maximum atomic E-state index is 3.82. The van der Waals surface area contributed by atoms with E-state index in [9.17, 15) is 0 Å². The van der Waals surface area contributed by atoms with Gasteiger partial charge in [-0.15, -0.1) is 5.10 Å². The number of hydrogen-bond acceptors (Lipinski definition) is 5.